The number of hydrogen-bond donors (Lipinski definition) is 0. The van der Waals surface area contributed by atoms with E-state index in [0.29, 0.717) is 0 Å². The SMILES string of the molecule is C/C(=C\c1ccc(OC(F)=C(F)F)cc1)c1ccc(F)cc1. The van der Waals surface area contributed by atoms with Crippen molar-refractivity contribution >= 4 is 11.6 Å². The van der Waals surface area contributed by atoms with Crippen molar-refractivity contribution in [3.8, 4) is 5.75 Å². The summed E-state index contributed by atoms with van der Waals surface area (Å²) < 4.78 is 53.7. The fourth-order valence-corrected chi connectivity index (χ4v) is 1.82. The molecular weight excluding hydrogens is 296 g/mol. The van der Waals surface area contributed by atoms with Gasteiger partial charge in [-0.3, -0.25) is 0 Å². The molecule has 0 amide bonds. The van der Waals surface area contributed by atoms with Gasteiger partial charge in [0, 0.05) is 0 Å². The summed E-state index contributed by atoms with van der Waals surface area (Å²) in [4.78, 5) is 0. The summed E-state index contributed by atoms with van der Waals surface area (Å²) in [5.41, 5.74) is 2.53. The van der Waals surface area contributed by atoms with Crippen molar-refractivity contribution in [3.63, 3.8) is 0 Å². The van der Waals surface area contributed by atoms with Gasteiger partial charge in [0.25, 0.3) is 0 Å². The third kappa shape index (κ3) is 4.22. The molecule has 5 heteroatoms. The fraction of sp³-hybridized carbons (Fsp3) is 0.0588. The summed E-state index contributed by atoms with van der Waals surface area (Å²) in [6.07, 6.45) is -0.671. The van der Waals surface area contributed by atoms with Crippen molar-refractivity contribution in [2.45, 2.75) is 6.92 Å². The number of halogens is 4. The number of benzene rings is 2. The summed E-state index contributed by atoms with van der Waals surface area (Å²) in [6, 6.07) is 10.1. The van der Waals surface area contributed by atoms with Crippen molar-refractivity contribution in [1.82, 2.24) is 0 Å². The van der Waals surface area contributed by atoms with E-state index in [0.717, 1.165) is 16.7 Å². The smallest absolute Gasteiger partial charge is 0.344 e. The highest BCUT2D eigenvalue weighted by Crippen LogP contribution is 2.22. The first-order chi connectivity index (χ1) is 10.5. The van der Waals surface area contributed by atoms with Crippen molar-refractivity contribution < 1.29 is 22.3 Å². The first-order valence-corrected chi connectivity index (χ1v) is 6.38. The molecule has 0 fully saturated rings. The van der Waals surface area contributed by atoms with E-state index in [-0.39, 0.29) is 11.6 Å². The van der Waals surface area contributed by atoms with Crippen molar-refractivity contribution in [1.29, 1.82) is 0 Å². The third-order valence-corrected chi connectivity index (χ3v) is 2.92. The van der Waals surface area contributed by atoms with E-state index in [9.17, 15) is 17.6 Å². The Morgan fingerprint density at radius 1 is 0.909 bits per heavy atom. The average molecular weight is 308 g/mol. The van der Waals surface area contributed by atoms with Gasteiger partial charge in [-0.1, -0.05) is 30.3 Å². The normalized spacial score (nSPS) is 11.2. The minimum Gasteiger partial charge on any atom is -0.428 e. The second-order valence-corrected chi connectivity index (χ2v) is 4.54. The Morgan fingerprint density at radius 2 is 1.50 bits per heavy atom. The highest BCUT2D eigenvalue weighted by Gasteiger charge is 2.07. The molecule has 0 unspecified atom stereocenters. The maximum absolute atomic E-state index is 12.9. The molecule has 22 heavy (non-hydrogen) atoms. The van der Waals surface area contributed by atoms with Crippen LogP contribution < -0.4 is 4.74 Å². The van der Waals surface area contributed by atoms with Gasteiger partial charge in [-0.15, -0.1) is 0 Å². The minimum absolute atomic E-state index is 0.0260. The first kappa shape index (κ1) is 15.8. The van der Waals surface area contributed by atoms with Gasteiger partial charge in [0.1, 0.15) is 11.6 Å². The second-order valence-electron chi connectivity index (χ2n) is 4.54. The van der Waals surface area contributed by atoms with Crippen LogP contribution in [0.2, 0.25) is 0 Å². The molecular formula is C17H12F4O. The molecule has 0 atom stereocenters. The highest BCUT2D eigenvalue weighted by molar-refractivity contribution is 5.80. The van der Waals surface area contributed by atoms with E-state index in [1.54, 1.807) is 24.3 Å². The zero-order valence-electron chi connectivity index (χ0n) is 11.6. The van der Waals surface area contributed by atoms with Crippen LogP contribution in [-0.4, -0.2) is 0 Å². The zero-order chi connectivity index (χ0) is 16.1. The number of ether oxygens (including phenoxy) is 1. The Hall–Kier alpha value is -2.56. The van der Waals surface area contributed by atoms with Crippen LogP contribution >= 0.6 is 0 Å². The molecule has 0 spiro atoms. The molecule has 0 aromatic heterocycles. The molecule has 0 bridgehead atoms. The van der Waals surface area contributed by atoms with Gasteiger partial charge in [-0.05, 0) is 47.9 Å². The van der Waals surface area contributed by atoms with Crippen LogP contribution in [0.1, 0.15) is 18.1 Å². The van der Waals surface area contributed by atoms with Gasteiger partial charge in [-0.25, -0.2) is 4.39 Å². The van der Waals surface area contributed by atoms with E-state index >= 15 is 0 Å². The molecule has 2 aromatic carbocycles. The quantitative estimate of drug-likeness (QED) is 0.394. The molecule has 0 saturated heterocycles. The van der Waals surface area contributed by atoms with Gasteiger partial charge in [0.2, 0.25) is 0 Å². The van der Waals surface area contributed by atoms with E-state index in [4.69, 9.17) is 0 Å². The van der Waals surface area contributed by atoms with Crippen LogP contribution in [0.25, 0.3) is 11.6 Å². The maximum atomic E-state index is 12.9. The standard InChI is InChI=1S/C17H12F4O/c1-11(13-4-6-14(18)7-5-13)10-12-2-8-15(9-3-12)22-17(21)16(19)20/h2-10H,1H3/b11-10+. The van der Waals surface area contributed by atoms with Crippen LogP contribution in [0.5, 0.6) is 5.75 Å². The van der Waals surface area contributed by atoms with E-state index in [1.807, 2.05) is 13.0 Å². The maximum Gasteiger partial charge on any atom is 0.344 e. The topological polar surface area (TPSA) is 9.23 Å². The number of hydrogen-bond acceptors (Lipinski definition) is 1. The second kappa shape index (κ2) is 6.93. The molecule has 0 saturated carbocycles. The van der Waals surface area contributed by atoms with Gasteiger partial charge < -0.3 is 4.74 Å². The molecule has 2 aromatic rings. The van der Waals surface area contributed by atoms with Crippen LogP contribution in [0.15, 0.2) is 60.6 Å². The number of rotatable bonds is 4. The van der Waals surface area contributed by atoms with Crippen molar-refractivity contribution in [3.05, 3.63) is 77.6 Å². The average Bonchev–Trinajstić information content (AvgIpc) is 2.49. The Kier molecular flexibility index (Phi) is 4.99. The van der Waals surface area contributed by atoms with Gasteiger partial charge in [-0.2, -0.15) is 13.2 Å². The molecule has 0 aliphatic carbocycles. The Labute approximate surface area is 125 Å². The highest BCUT2D eigenvalue weighted by atomic mass is 19.3. The molecule has 0 radical (unpaired) electrons. The molecule has 1 nitrogen and oxygen atoms in total. The Morgan fingerprint density at radius 3 is 2.05 bits per heavy atom. The summed E-state index contributed by atoms with van der Waals surface area (Å²) in [5, 5.41) is 0. The van der Waals surface area contributed by atoms with E-state index in [1.165, 1.54) is 24.3 Å². The van der Waals surface area contributed by atoms with E-state index in [2.05, 4.69) is 4.74 Å². The van der Waals surface area contributed by atoms with Crippen molar-refractivity contribution in [2.75, 3.05) is 0 Å². The largest absolute Gasteiger partial charge is 0.428 e. The van der Waals surface area contributed by atoms with Crippen LogP contribution in [-0.2, 0) is 0 Å². The molecule has 0 heterocycles. The van der Waals surface area contributed by atoms with Gasteiger partial charge in [0.15, 0.2) is 0 Å². The van der Waals surface area contributed by atoms with Gasteiger partial charge in [0.05, 0.1) is 0 Å². The third-order valence-electron chi connectivity index (χ3n) is 2.92. The predicted octanol–water partition coefficient (Wildman–Crippen LogP) is 5.80. The van der Waals surface area contributed by atoms with Crippen molar-refractivity contribution in [2.24, 2.45) is 0 Å². The number of allylic oxidation sites excluding steroid dienone is 1. The first-order valence-electron chi connectivity index (χ1n) is 6.38. The Bertz CT molecular complexity index is 696. The lowest BCUT2D eigenvalue weighted by atomic mass is 10.0. The summed E-state index contributed by atoms with van der Waals surface area (Å²) in [7, 11) is 0. The Balaban J connectivity index is 2.15. The lowest BCUT2D eigenvalue weighted by Crippen LogP contribution is -1.90. The molecule has 0 aliphatic rings. The molecule has 0 aliphatic heterocycles. The van der Waals surface area contributed by atoms with Crippen LogP contribution in [0.4, 0.5) is 17.6 Å². The molecule has 0 N–H and O–H groups in total. The summed E-state index contributed by atoms with van der Waals surface area (Å²) in [6.45, 7) is 1.86. The molecule has 2 rings (SSSR count). The summed E-state index contributed by atoms with van der Waals surface area (Å²) >= 11 is 0. The summed E-state index contributed by atoms with van der Waals surface area (Å²) in [5.74, 6) is -0.338. The lowest BCUT2D eigenvalue weighted by Gasteiger charge is -2.04. The zero-order valence-corrected chi connectivity index (χ0v) is 11.6. The monoisotopic (exact) mass is 308 g/mol. The van der Waals surface area contributed by atoms with E-state index < -0.39 is 12.1 Å². The van der Waals surface area contributed by atoms with Crippen LogP contribution in [0.3, 0.4) is 0 Å². The van der Waals surface area contributed by atoms with Crippen LogP contribution in [0, 0.1) is 5.82 Å². The predicted molar refractivity (Wildman–Crippen MR) is 77.4 cm³/mol. The minimum atomic E-state index is -2.50. The van der Waals surface area contributed by atoms with Gasteiger partial charge >= 0.3 is 12.1 Å². The fourth-order valence-electron chi connectivity index (χ4n) is 1.82. The lowest BCUT2D eigenvalue weighted by molar-refractivity contribution is 0.241. The molecule has 114 valence electrons.